The fourth-order valence-corrected chi connectivity index (χ4v) is 1.78. The largest absolute Gasteiger partial charge is 0.397 e. The minimum atomic E-state index is -0.417. The highest BCUT2D eigenvalue weighted by Gasteiger charge is 2.12. The Balaban J connectivity index is 2.64. The van der Waals surface area contributed by atoms with Crippen molar-refractivity contribution in [1.29, 1.82) is 0 Å². The topological polar surface area (TPSA) is 43.8 Å². The molecule has 5 heteroatoms. The number of anilines is 1. The van der Waals surface area contributed by atoms with Gasteiger partial charge in [-0.15, -0.1) is 0 Å². The monoisotopic (exact) mass is 239 g/mol. The number of imidazole rings is 1. The summed E-state index contributed by atoms with van der Waals surface area (Å²) < 4.78 is 15.1. The van der Waals surface area contributed by atoms with Gasteiger partial charge in [-0.1, -0.05) is 11.6 Å². The summed E-state index contributed by atoms with van der Waals surface area (Å²) in [5.41, 5.74) is 6.69. The van der Waals surface area contributed by atoms with Gasteiger partial charge in [0.15, 0.2) is 0 Å². The zero-order valence-electron chi connectivity index (χ0n) is 8.74. The van der Waals surface area contributed by atoms with Gasteiger partial charge in [0.25, 0.3) is 0 Å². The molecule has 0 unspecified atom stereocenters. The summed E-state index contributed by atoms with van der Waals surface area (Å²) in [5, 5.41) is 0.209. The number of hydrogen-bond donors (Lipinski definition) is 1. The highest BCUT2D eigenvalue weighted by atomic mass is 35.5. The van der Waals surface area contributed by atoms with Gasteiger partial charge in [-0.3, -0.25) is 0 Å². The smallest absolute Gasteiger partial charge is 0.142 e. The fourth-order valence-electron chi connectivity index (χ4n) is 1.58. The first-order valence-corrected chi connectivity index (χ1v) is 5.27. The number of benzene rings is 1. The van der Waals surface area contributed by atoms with Crippen molar-refractivity contribution in [2.45, 2.75) is 13.5 Å². The second kappa shape index (κ2) is 4.14. The van der Waals surface area contributed by atoms with E-state index in [0.717, 1.165) is 6.54 Å². The van der Waals surface area contributed by atoms with Gasteiger partial charge in [-0.05, 0) is 19.1 Å². The Morgan fingerprint density at radius 3 is 2.94 bits per heavy atom. The molecule has 2 aromatic rings. The summed E-state index contributed by atoms with van der Waals surface area (Å²) in [6.07, 6.45) is 3.46. The average Bonchev–Trinajstić information content (AvgIpc) is 2.71. The van der Waals surface area contributed by atoms with Gasteiger partial charge in [-0.2, -0.15) is 0 Å². The molecule has 0 aliphatic carbocycles. The van der Waals surface area contributed by atoms with Crippen LogP contribution in [0.25, 0.3) is 11.4 Å². The molecule has 0 aliphatic heterocycles. The summed E-state index contributed by atoms with van der Waals surface area (Å²) in [6, 6.07) is 2.54. The number of rotatable bonds is 2. The molecule has 0 saturated heterocycles. The van der Waals surface area contributed by atoms with Gasteiger partial charge in [-0.25, -0.2) is 9.37 Å². The first-order chi connectivity index (χ1) is 7.63. The standard InChI is InChI=1S/C11H11ClFN3/c1-2-16-4-3-15-11(16)8-5-7(13)6-9(12)10(8)14/h3-6H,2,14H2,1H3. The molecule has 0 amide bonds. The van der Waals surface area contributed by atoms with Crippen LogP contribution in [-0.4, -0.2) is 9.55 Å². The molecule has 1 aromatic heterocycles. The van der Waals surface area contributed by atoms with E-state index in [-0.39, 0.29) is 5.02 Å². The highest BCUT2D eigenvalue weighted by Crippen LogP contribution is 2.31. The minimum absolute atomic E-state index is 0.209. The van der Waals surface area contributed by atoms with Gasteiger partial charge in [0.1, 0.15) is 11.6 Å². The van der Waals surface area contributed by atoms with E-state index in [4.69, 9.17) is 17.3 Å². The number of aromatic nitrogens is 2. The molecule has 1 heterocycles. The van der Waals surface area contributed by atoms with E-state index in [1.54, 1.807) is 6.20 Å². The summed E-state index contributed by atoms with van der Waals surface area (Å²) in [5.74, 6) is 0.209. The normalized spacial score (nSPS) is 10.7. The number of halogens is 2. The molecule has 0 saturated carbocycles. The van der Waals surface area contributed by atoms with Gasteiger partial charge in [0.05, 0.1) is 10.7 Å². The number of nitrogen functional groups attached to an aromatic ring is 1. The van der Waals surface area contributed by atoms with Crippen LogP contribution in [0.5, 0.6) is 0 Å². The molecule has 0 atom stereocenters. The van der Waals surface area contributed by atoms with Gasteiger partial charge < -0.3 is 10.3 Å². The molecule has 84 valence electrons. The number of nitrogens with zero attached hydrogens (tertiary/aromatic N) is 2. The molecule has 0 aliphatic rings. The maximum Gasteiger partial charge on any atom is 0.142 e. The predicted octanol–water partition coefficient (Wildman–Crippen LogP) is 2.94. The lowest BCUT2D eigenvalue weighted by Gasteiger charge is -2.09. The molecule has 16 heavy (non-hydrogen) atoms. The summed E-state index contributed by atoms with van der Waals surface area (Å²) >= 11 is 5.83. The molecule has 2 rings (SSSR count). The number of nitrogens with two attached hydrogens (primary N) is 1. The van der Waals surface area contributed by atoms with Crippen LogP contribution in [0.3, 0.4) is 0 Å². The first kappa shape index (κ1) is 11.0. The van der Waals surface area contributed by atoms with E-state index in [2.05, 4.69) is 4.98 Å². The molecule has 3 nitrogen and oxygen atoms in total. The third kappa shape index (κ3) is 1.76. The molecule has 0 bridgehead atoms. The molecule has 0 fully saturated rings. The van der Waals surface area contributed by atoms with Crippen molar-refractivity contribution in [2.24, 2.45) is 0 Å². The van der Waals surface area contributed by atoms with Crippen LogP contribution in [0.1, 0.15) is 6.92 Å². The zero-order valence-corrected chi connectivity index (χ0v) is 9.50. The highest BCUT2D eigenvalue weighted by molar-refractivity contribution is 6.33. The van der Waals surface area contributed by atoms with Crippen molar-refractivity contribution in [3.05, 3.63) is 35.4 Å². The molecular weight excluding hydrogens is 229 g/mol. The maximum atomic E-state index is 13.3. The van der Waals surface area contributed by atoms with E-state index >= 15 is 0 Å². The van der Waals surface area contributed by atoms with Crippen LogP contribution in [0.2, 0.25) is 5.02 Å². The molecule has 0 radical (unpaired) electrons. The van der Waals surface area contributed by atoms with Crippen molar-refractivity contribution < 1.29 is 4.39 Å². The number of hydrogen-bond acceptors (Lipinski definition) is 2. The number of aryl methyl sites for hydroxylation is 1. The van der Waals surface area contributed by atoms with Gasteiger partial charge in [0.2, 0.25) is 0 Å². The SMILES string of the molecule is CCn1ccnc1-c1cc(F)cc(Cl)c1N. The lowest BCUT2D eigenvalue weighted by Crippen LogP contribution is -2.00. The molecule has 1 aromatic carbocycles. The summed E-state index contributed by atoms with van der Waals surface area (Å²) in [7, 11) is 0. The van der Waals surface area contributed by atoms with Gasteiger partial charge in [0, 0.05) is 24.5 Å². The second-order valence-corrected chi connectivity index (χ2v) is 3.79. The molecule has 2 N–H and O–H groups in total. The minimum Gasteiger partial charge on any atom is -0.397 e. The van der Waals surface area contributed by atoms with E-state index in [1.807, 2.05) is 17.7 Å². The van der Waals surface area contributed by atoms with Crippen LogP contribution >= 0.6 is 11.6 Å². The first-order valence-electron chi connectivity index (χ1n) is 4.89. The van der Waals surface area contributed by atoms with Crippen molar-refractivity contribution in [3.8, 4) is 11.4 Å². The zero-order chi connectivity index (χ0) is 11.7. The average molecular weight is 240 g/mol. The van der Waals surface area contributed by atoms with Crippen molar-refractivity contribution in [2.75, 3.05) is 5.73 Å². The lowest BCUT2D eigenvalue weighted by atomic mass is 10.1. The van der Waals surface area contributed by atoms with Crippen LogP contribution in [0.15, 0.2) is 24.5 Å². The van der Waals surface area contributed by atoms with E-state index in [0.29, 0.717) is 17.1 Å². The third-order valence-corrected chi connectivity index (χ3v) is 2.70. The molecule has 0 spiro atoms. The Morgan fingerprint density at radius 2 is 2.25 bits per heavy atom. The second-order valence-electron chi connectivity index (χ2n) is 3.39. The Kier molecular flexibility index (Phi) is 2.83. The van der Waals surface area contributed by atoms with E-state index in [9.17, 15) is 4.39 Å². The lowest BCUT2D eigenvalue weighted by molar-refractivity contribution is 0.628. The van der Waals surface area contributed by atoms with Crippen molar-refractivity contribution >= 4 is 17.3 Å². The summed E-state index contributed by atoms with van der Waals surface area (Å²) in [6.45, 7) is 2.71. The third-order valence-electron chi connectivity index (χ3n) is 2.39. The van der Waals surface area contributed by atoms with E-state index < -0.39 is 5.82 Å². The quantitative estimate of drug-likeness (QED) is 0.819. The van der Waals surface area contributed by atoms with Crippen molar-refractivity contribution in [1.82, 2.24) is 9.55 Å². The summed E-state index contributed by atoms with van der Waals surface area (Å²) in [4.78, 5) is 4.16. The van der Waals surface area contributed by atoms with Crippen LogP contribution in [0, 0.1) is 5.82 Å². The fraction of sp³-hybridized carbons (Fsp3) is 0.182. The molecular formula is C11H11ClFN3. The Labute approximate surface area is 97.7 Å². The van der Waals surface area contributed by atoms with Crippen molar-refractivity contribution in [3.63, 3.8) is 0 Å². The van der Waals surface area contributed by atoms with Crippen LogP contribution in [0.4, 0.5) is 10.1 Å². The van der Waals surface area contributed by atoms with Gasteiger partial charge >= 0.3 is 0 Å². The van der Waals surface area contributed by atoms with E-state index in [1.165, 1.54) is 12.1 Å². The van der Waals surface area contributed by atoms with Crippen LogP contribution < -0.4 is 5.73 Å². The maximum absolute atomic E-state index is 13.3. The van der Waals surface area contributed by atoms with Crippen LogP contribution in [-0.2, 0) is 6.54 Å². The Bertz CT molecular complexity index is 522. The predicted molar refractivity (Wildman–Crippen MR) is 62.7 cm³/mol. The Hall–Kier alpha value is -1.55. The Morgan fingerprint density at radius 1 is 1.50 bits per heavy atom.